The molecule has 2 heterocycles. The molecule has 1 atom stereocenters. The highest BCUT2D eigenvalue weighted by Crippen LogP contribution is 2.29. The number of carbonyl (C=O) groups is 2. The second-order valence-electron chi connectivity index (χ2n) is 7.99. The molecule has 1 aromatic heterocycles. The fraction of sp³-hybridized carbons (Fsp3) is 0.667. The fourth-order valence-corrected chi connectivity index (χ4v) is 2.78. The van der Waals surface area contributed by atoms with E-state index in [1.54, 1.807) is 18.0 Å². The molecule has 0 saturated carbocycles. The van der Waals surface area contributed by atoms with Crippen LogP contribution < -0.4 is 5.32 Å². The number of urea groups is 1. The van der Waals surface area contributed by atoms with Gasteiger partial charge in [0.25, 0.3) is 0 Å². The summed E-state index contributed by atoms with van der Waals surface area (Å²) in [6.45, 7) is 9.19. The van der Waals surface area contributed by atoms with Crippen molar-refractivity contribution in [3.63, 3.8) is 0 Å². The van der Waals surface area contributed by atoms with Crippen molar-refractivity contribution in [1.82, 2.24) is 20.2 Å². The molecule has 7 heteroatoms. The van der Waals surface area contributed by atoms with Crippen molar-refractivity contribution in [2.75, 3.05) is 19.6 Å². The van der Waals surface area contributed by atoms with Gasteiger partial charge in [0, 0.05) is 36.9 Å². The van der Waals surface area contributed by atoms with Gasteiger partial charge in [-0.05, 0) is 32.3 Å². The van der Waals surface area contributed by atoms with Crippen LogP contribution in [0.4, 0.5) is 4.79 Å². The minimum Gasteiger partial charge on any atom is -0.481 e. The van der Waals surface area contributed by atoms with E-state index in [2.05, 4.69) is 36.1 Å². The molecule has 1 aromatic rings. The van der Waals surface area contributed by atoms with Crippen molar-refractivity contribution in [3.8, 4) is 0 Å². The lowest BCUT2D eigenvalue weighted by atomic mass is 9.90. The van der Waals surface area contributed by atoms with Gasteiger partial charge >= 0.3 is 12.0 Å². The zero-order chi connectivity index (χ0) is 18.7. The first-order valence-electron chi connectivity index (χ1n) is 8.70. The number of hydrogen-bond acceptors (Lipinski definition) is 4. The Labute approximate surface area is 148 Å². The van der Waals surface area contributed by atoms with Gasteiger partial charge in [-0.3, -0.25) is 4.79 Å². The van der Waals surface area contributed by atoms with Crippen LogP contribution in [0.2, 0.25) is 0 Å². The molecule has 0 aromatic carbocycles. The van der Waals surface area contributed by atoms with Crippen LogP contribution in [-0.2, 0) is 16.6 Å². The maximum atomic E-state index is 12.1. The first-order chi connectivity index (χ1) is 11.6. The largest absolute Gasteiger partial charge is 0.481 e. The minimum atomic E-state index is -0.846. The van der Waals surface area contributed by atoms with Gasteiger partial charge < -0.3 is 15.3 Å². The van der Waals surface area contributed by atoms with E-state index >= 15 is 0 Å². The van der Waals surface area contributed by atoms with Crippen LogP contribution in [0.1, 0.15) is 52.1 Å². The molecule has 0 aliphatic carbocycles. The van der Waals surface area contributed by atoms with Crippen molar-refractivity contribution in [2.24, 2.45) is 5.41 Å². The normalized spacial score (nSPS) is 20.6. The van der Waals surface area contributed by atoms with Crippen molar-refractivity contribution in [2.45, 2.75) is 52.4 Å². The summed E-state index contributed by atoms with van der Waals surface area (Å²) >= 11 is 0. The Bertz CT molecular complexity index is 641. The van der Waals surface area contributed by atoms with Gasteiger partial charge in [-0.2, -0.15) is 0 Å². The lowest BCUT2D eigenvalue weighted by Gasteiger charge is -2.20. The number of aromatic nitrogens is 2. The van der Waals surface area contributed by atoms with E-state index in [0.29, 0.717) is 19.5 Å². The molecule has 0 spiro atoms. The van der Waals surface area contributed by atoms with Crippen molar-refractivity contribution in [1.29, 1.82) is 0 Å². The van der Waals surface area contributed by atoms with Crippen molar-refractivity contribution >= 4 is 12.0 Å². The van der Waals surface area contributed by atoms with Gasteiger partial charge in [0.05, 0.1) is 5.41 Å². The summed E-state index contributed by atoms with van der Waals surface area (Å²) in [5, 5.41) is 12.1. The third-order valence-corrected chi connectivity index (χ3v) is 4.55. The maximum Gasteiger partial charge on any atom is 0.317 e. The minimum absolute atomic E-state index is 0.0865. The molecular formula is C18H28N4O3. The summed E-state index contributed by atoms with van der Waals surface area (Å²) in [6, 6.07) is 1.71. The van der Waals surface area contributed by atoms with Gasteiger partial charge in [0.2, 0.25) is 0 Å². The van der Waals surface area contributed by atoms with Crippen LogP contribution in [-0.4, -0.2) is 51.6 Å². The first kappa shape index (κ1) is 19.1. The standard InChI is InChI=1S/C18H28N4O3/c1-17(2,3)14-19-10-7-13(21-14)6-5-9-20-16(25)22-11-8-18(4,12-22)15(23)24/h7,10H,5-6,8-9,11-12H2,1-4H3,(H,20,25)(H,23,24). The molecule has 1 aliphatic heterocycles. The Kier molecular flexibility index (Phi) is 5.65. The number of carboxylic acids is 1. The van der Waals surface area contributed by atoms with E-state index in [1.165, 1.54) is 0 Å². The van der Waals surface area contributed by atoms with E-state index < -0.39 is 11.4 Å². The van der Waals surface area contributed by atoms with Gasteiger partial charge in [0.1, 0.15) is 5.82 Å². The van der Waals surface area contributed by atoms with Crippen LogP contribution in [0.25, 0.3) is 0 Å². The highest BCUT2D eigenvalue weighted by Gasteiger charge is 2.42. The topological polar surface area (TPSA) is 95.4 Å². The summed E-state index contributed by atoms with van der Waals surface area (Å²) in [4.78, 5) is 33.9. The number of carbonyl (C=O) groups excluding carboxylic acids is 1. The Hall–Kier alpha value is -2.18. The highest BCUT2D eigenvalue weighted by atomic mass is 16.4. The zero-order valence-corrected chi connectivity index (χ0v) is 15.5. The highest BCUT2D eigenvalue weighted by molar-refractivity contribution is 5.79. The Morgan fingerprint density at radius 1 is 1.40 bits per heavy atom. The molecule has 1 fully saturated rings. The number of rotatable bonds is 5. The number of carboxylic acid groups (broad SMARTS) is 1. The fourth-order valence-electron chi connectivity index (χ4n) is 2.78. The smallest absolute Gasteiger partial charge is 0.317 e. The van der Waals surface area contributed by atoms with Gasteiger partial charge in [-0.1, -0.05) is 20.8 Å². The SMILES string of the molecule is CC1(C(=O)O)CCN(C(=O)NCCCc2ccnc(C(C)(C)C)n2)C1. The quantitative estimate of drug-likeness (QED) is 0.796. The number of amides is 2. The molecule has 1 saturated heterocycles. The maximum absolute atomic E-state index is 12.1. The molecule has 1 aliphatic rings. The monoisotopic (exact) mass is 348 g/mol. The number of aryl methyl sites for hydroxylation is 1. The summed E-state index contributed by atoms with van der Waals surface area (Å²) in [5.41, 5.74) is 0.0483. The molecule has 2 amide bonds. The third-order valence-electron chi connectivity index (χ3n) is 4.55. The Balaban J connectivity index is 1.77. The summed E-state index contributed by atoms with van der Waals surface area (Å²) in [6.07, 6.45) is 3.81. The molecule has 25 heavy (non-hydrogen) atoms. The van der Waals surface area contributed by atoms with Crippen LogP contribution in [0.5, 0.6) is 0 Å². The molecule has 2 rings (SSSR count). The number of aliphatic carboxylic acids is 1. The first-order valence-corrected chi connectivity index (χ1v) is 8.70. The van der Waals surface area contributed by atoms with E-state index in [1.807, 2.05) is 6.07 Å². The zero-order valence-electron chi connectivity index (χ0n) is 15.5. The molecule has 1 unspecified atom stereocenters. The lowest BCUT2D eigenvalue weighted by molar-refractivity contribution is -0.147. The molecular weight excluding hydrogens is 320 g/mol. The Morgan fingerprint density at radius 3 is 2.72 bits per heavy atom. The van der Waals surface area contributed by atoms with Gasteiger partial charge in [0.15, 0.2) is 0 Å². The van der Waals surface area contributed by atoms with Crippen molar-refractivity contribution in [3.05, 3.63) is 23.8 Å². The van der Waals surface area contributed by atoms with E-state index in [-0.39, 0.29) is 18.0 Å². The summed E-state index contributed by atoms with van der Waals surface area (Å²) in [7, 11) is 0. The van der Waals surface area contributed by atoms with Gasteiger partial charge in [-0.15, -0.1) is 0 Å². The van der Waals surface area contributed by atoms with Crippen LogP contribution in [0.15, 0.2) is 12.3 Å². The van der Waals surface area contributed by atoms with Crippen LogP contribution in [0.3, 0.4) is 0 Å². The van der Waals surface area contributed by atoms with Crippen LogP contribution >= 0.6 is 0 Å². The van der Waals surface area contributed by atoms with Crippen LogP contribution in [0, 0.1) is 5.41 Å². The van der Waals surface area contributed by atoms with E-state index in [4.69, 9.17) is 0 Å². The second-order valence-corrected chi connectivity index (χ2v) is 7.99. The molecule has 7 nitrogen and oxygen atoms in total. The second kappa shape index (κ2) is 7.37. The Morgan fingerprint density at radius 2 is 2.12 bits per heavy atom. The van der Waals surface area contributed by atoms with E-state index in [0.717, 1.165) is 24.4 Å². The third kappa shape index (κ3) is 4.90. The number of nitrogens with zero attached hydrogens (tertiary/aromatic N) is 3. The summed E-state index contributed by atoms with van der Waals surface area (Å²) in [5.74, 6) is -0.0275. The molecule has 138 valence electrons. The summed E-state index contributed by atoms with van der Waals surface area (Å²) < 4.78 is 0. The molecule has 2 N–H and O–H groups in total. The van der Waals surface area contributed by atoms with Crippen molar-refractivity contribution < 1.29 is 14.7 Å². The average molecular weight is 348 g/mol. The van der Waals surface area contributed by atoms with E-state index in [9.17, 15) is 14.7 Å². The number of nitrogens with one attached hydrogen (secondary N) is 1. The molecule has 0 bridgehead atoms. The predicted molar refractivity (Wildman–Crippen MR) is 94.4 cm³/mol. The molecule has 0 radical (unpaired) electrons. The van der Waals surface area contributed by atoms with Gasteiger partial charge in [-0.25, -0.2) is 14.8 Å². The predicted octanol–water partition coefficient (Wildman–Crippen LogP) is 2.21. The number of hydrogen-bond donors (Lipinski definition) is 2. The average Bonchev–Trinajstić information content (AvgIpc) is 2.95. The number of likely N-dealkylation sites (tertiary alicyclic amines) is 1. The lowest BCUT2D eigenvalue weighted by Crippen LogP contribution is -2.41.